The first-order chi connectivity index (χ1) is 37.4. The van der Waals surface area contributed by atoms with Crippen molar-refractivity contribution in [3.05, 3.63) is 248 Å². The van der Waals surface area contributed by atoms with Gasteiger partial charge in [0.15, 0.2) is 0 Å². The highest BCUT2D eigenvalue weighted by Crippen LogP contribution is 2.49. The molecule has 3 heterocycles. The summed E-state index contributed by atoms with van der Waals surface area (Å²) in [6, 6.07) is 88.1. The molecule has 11 aromatic rings. The first kappa shape index (κ1) is 45.9. The summed E-state index contributed by atoms with van der Waals surface area (Å²) in [7, 11) is 0. The van der Waals surface area contributed by atoms with E-state index in [1.54, 1.807) is 0 Å². The third kappa shape index (κ3) is 7.79. The molecular formula is C71H59BN4. The number of anilines is 9. The fourth-order valence-corrected chi connectivity index (χ4v) is 12.9. The van der Waals surface area contributed by atoms with Crippen molar-refractivity contribution in [2.24, 2.45) is 0 Å². The van der Waals surface area contributed by atoms with Crippen LogP contribution in [0.3, 0.4) is 0 Å². The number of benzene rings is 10. The first-order valence-electron chi connectivity index (χ1n) is 27.3. The minimum absolute atomic E-state index is 0.0569. The predicted octanol–water partition coefficient (Wildman–Crippen LogP) is 17.6. The Kier molecular flexibility index (Phi) is 11.2. The Labute approximate surface area is 447 Å². The van der Waals surface area contributed by atoms with Crippen LogP contribution in [0, 0.1) is 0 Å². The van der Waals surface area contributed by atoms with Crippen molar-refractivity contribution in [3.8, 4) is 22.3 Å². The molecule has 1 aromatic heterocycles. The Morgan fingerprint density at radius 1 is 0.474 bits per heavy atom. The number of pyridine rings is 1. The lowest BCUT2D eigenvalue weighted by atomic mass is 9.33. The second-order valence-electron chi connectivity index (χ2n) is 22.1. The van der Waals surface area contributed by atoms with Crippen LogP contribution < -0.4 is 31.1 Å². The monoisotopic (exact) mass is 978 g/mol. The van der Waals surface area contributed by atoms with Crippen molar-refractivity contribution in [1.82, 2.24) is 4.98 Å². The van der Waals surface area contributed by atoms with Crippen molar-refractivity contribution in [1.29, 1.82) is 0 Å². The van der Waals surface area contributed by atoms with Gasteiger partial charge in [0.2, 0.25) is 0 Å². The SMILES string of the molecule is CC(C)(C)c1ccc(N(c2cccc(-c3cccc4ccccc34)c2)c2ccc3c(n2)N(c2ccccc2)c2cc(C4CCCCC4)cc4c2B3c2ccccc2N4c2ccccc2)c(-c2cccc3ccccc23)c1. The zero-order chi connectivity index (χ0) is 50.9. The van der Waals surface area contributed by atoms with E-state index < -0.39 is 0 Å². The van der Waals surface area contributed by atoms with E-state index >= 15 is 0 Å². The Balaban J connectivity index is 1.05. The zero-order valence-electron chi connectivity index (χ0n) is 43.5. The van der Waals surface area contributed by atoms with Gasteiger partial charge in [-0.25, -0.2) is 4.98 Å². The van der Waals surface area contributed by atoms with Gasteiger partial charge in [-0.1, -0.05) is 204 Å². The zero-order valence-corrected chi connectivity index (χ0v) is 43.5. The van der Waals surface area contributed by atoms with Gasteiger partial charge in [-0.3, -0.25) is 9.80 Å². The minimum Gasteiger partial charge on any atom is -0.311 e. The average molecular weight is 979 g/mol. The van der Waals surface area contributed by atoms with Crippen LogP contribution in [0.4, 0.5) is 51.4 Å². The van der Waals surface area contributed by atoms with E-state index in [0.717, 1.165) is 39.8 Å². The number of hydrogen-bond donors (Lipinski definition) is 0. The molecule has 0 unspecified atom stereocenters. The molecular weight excluding hydrogens is 920 g/mol. The first-order valence-corrected chi connectivity index (χ1v) is 27.3. The summed E-state index contributed by atoms with van der Waals surface area (Å²) in [6.45, 7) is 6.89. The molecule has 0 radical (unpaired) electrons. The molecule has 14 rings (SSSR count). The normalized spacial score (nSPS) is 14.1. The number of aromatic nitrogens is 1. The Bertz CT molecular complexity index is 3990. The summed E-state index contributed by atoms with van der Waals surface area (Å²) in [4.78, 5) is 13.6. The van der Waals surface area contributed by atoms with Gasteiger partial charge in [0.25, 0.3) is 6.71 Å². The van der Waals surface area contributed by atoms with Crippen LogP contribution >= 0.6 is 0 Å². The van der Waals surface area contributed by atoms with Gasteiger partial charge in [-0.05, 0) is 163 Å². The van der Waals surface area contributed by atoms with E-state index in [4.69, 9.17) is 4.98 Å². The fraction of sp³-hybridized carbons (Fsp3) is 0.141. The number of rotatable bonds is 8. The molecule has 0 amide bonds. The highest BCUT2D eigenvalue weighted by atomic mass is 15.3. The van der Waals surface area contributed by atoms with Crippen LogP contribution in [0.2, 0.25) is 0 Å². The number of fused-ring (bicyclic) bond motifs is 6. The van der Waals surface area contributed by atoms with E-state index in [9.17, 15) is 0 Å². The smallest absolute Gasteiger partial charge is 0.254 e. The Morgan fingerprint density at radius 3 is 1.80 bits per heavy atom. The summed E-state index contributed by atoms with van der Waals surface area (Å²) >= 11 is 0. The van der Waals surface area contributed by atoms with Crippen molar-refractivity contribution in [2.45, 2.75) is 64.2 Å². The van der Waals surface area contributed by atoms with Gasteiger partial charge < -0.3 is 4.90 Å². The van der Waals surface area contributed by atoms with Crippen LogP contribution in [-0.4, -0.2) is 11.7 Å². The molecule has 4 nitrogen and oxygen atoms in total. The Hall–Kier alpha value is -8.67. The van der Waals surface area contributed by atoms with Crippen LogP contribution in [0.25, 0.3) is 43.8 Å². The van der Waals surface area contributed by atoms with Crippen molar-refractivity contribution in [2.75, 3.05) is 14.7 Å². The largest absolute Gasteiger partial charge is 0.311 e. The predicted molar refractivity (Wildman–Crippen MR) is 323 cm³/mol. The van der Waals surface area contributed by atoms with Crippen LogP contribution in [-0.2, 0) is 5.41 Å². The van der Waals surface area contributed by atoms with Crippen LogP contribution in [0.1, 0.15) is 69.9 Å². The average Bonchev–Trinajstić information content (AvgIpc) is 3.47. The van der Waals surface area contributed by atoms with Gasteiger partial charge in [0, 0.05) is 39.7 Å². The van der Waals surface area contributed by atoms with E-state index in [-0.39, 0.29) is 12.1 Å². The molecule has 76 heavy (non-hydrogen) atoms. The molecule has 366 valence electrons. The number of nitrogens with zero attached hydrogens (tertiary/aromatic N) is 4. The minimum atomic E-state index is -0.0909. The van der Waals surface area contributed by atoms with Crippen molar-refractivity contribution in [3.63, 3.8) is 0 Å². The molecule has 1 aliphatic carbocycles. The third-order valence-electron chi connectivity index (χ3n) is 16.6. The molecule has 0 spiro atoms. The van der Waals surface area contributed by atoms with Gasteiger partial charge >= 0.3 is 0 Å². The van der Waals surface area contributed by atoms with Gasteiger partial charge in [-0.2, -0.15) is 0 Å². The Morgan fingerprint density at radius 2 is 1.08 bits per heavy atom. The second kappa shape index (κ2) is 18.6. The van der Waals surface area contributed by atoms with Crippen LogP contribution in [0.5, 0.6) is 0 Å². The quantitative estimate of drug-likeness (QED) is 0.142. The maximum absolute atomic E-state index is 6.13. The summed E-state index contributed by atoms with van der Waals surface area (Å²) in [6.07, 6.45) is 6.23. The summed E-state index contributed by atoms with van der Waals surface area (Å²) in [5.74, 6) is 2.28. The van der Waals surface area contributed by atoms with Gasteiger partial charge in [-0.15, -0.1) is 0 Å². The van der Waals surface area contributed by atoms with Gasteiger partial charge in [0.1, 0.15) is 11.6 Å². The van der Waals surface area contributed by atoms with E-state index in [0.29, 0.717) is 5.92 Å². The maximum Gasteiger partial charge on any atom is 0.254 e. The molecule has 5 heteroatoms. The molecule has 2 aliphatic heterocycles. The molecule has 0 N–H and O–H groups in total. The number of para-hydroxylation sites is 3. The van der Waals surface area contributed by atoms with Crippen LogP contribution in [0.15, 0.2) is 237 Å². The molecule has 0 atom stereocenters. The molecule has 0 saturated heterocycles. The van der Waals surface area contributed by atoms with E-state index in [2.05, 4.69) is 272 Å². The molecule has 1 fully saturated rings. The summed E-state index contributed by atoms with van der Waals surface area (Å²) in [5, 5.41) is 4.89. The van der Waals surface area contributed by atoms with Gasteiger partial charge in [0.05, 0.1) is 5.69 Å². The highest BCUT2D eigenvalue weighted by molar-refractivity contribution is 7.00. The summed E-state index contributed by atoms with van der Waals surface area (Å²) < 4.78 is 0. The molecule has 0 bridgehead atoms. The maximum atomic E-state index is 6.13. The highest BCUT2D eigenvalue weighted by Gasteiger charge is 2.45. The van der Waals surface area contributed by atoms with Crippen molar-refractivity contribution < 1.29 is 0 Å². The third-order valence-corrected chi connectivity index (χ3v) is 16.6. The number of hydrogen-bond acceptors (Lipinski definition) is 4. The van der Waals surface area contributed by atoms with Crippen molar-refractivity contribution >= 4 is 96.1 Å². The van der Waals surface area contributed by atoms with E-state index in [1.807, 2.05) is 0 Å². The topological polar surface area (TPSA) is 22.6 Å². The molecule has 10 aromatic carbocycles. The van der Waals surface area contributed by atoms with E-state index in [1.165, 1.54) is 115 Å². The second-order valence-corrected chi connectivity index (χ2v) is 22.1. The lowest BCUT2D eigenvalue weighted by Crippen LogP contribution is -2.61. The lowest BCUT2D eigenvalue weighted by Gasteiger charge is -2.44. The summed E-state index contributed by atoms with van der Waals surface area (Å²) in [5.41, 5.74) is 19.1. The molecule has 1 saturated carbocycles. The standard InChI is InChI=1S/C71H59BN4/c1-71(2,3)53-40-42-64(61(47-53)60-37-21-27-50-25-14-16-35-58(50)60)75(56-33-19-28-51(44-56)59-36-20-26-49-24-13-15-34-57(49)59)68-43-41-63-70(73-68)76(55-31-11-6-12-32-55)67-46-52(48-22-7-4-8-23-48)45-66-69(67)72(63)62-38-17-18-39-65(62)74(66)54-29-9-5-10-30-54/h5-6,9-21,24-48H,4,7-8,22-23H2,1-3H3. The molecule has 3 aliphatic rings. The fourth-order valence-electron chi connectivity index (χ4n) is 12.9. The lowest BCUT2D eigenvalue weighted by molar-refractivity contribution is 0.444.